The van der Waals surface area contributed by atoms with Gasteiger partial charge in [0.1, 0.15) is 18.1 Å². The van der Waals surface area contributed by atoms with E-state index in [1.54, 1.807) is 19.1 Å². The number of ether oxygens (including phenoxy) is 1. The maximum Gasteiger partial charge on any atom is 0.326 e. The second-order valence-electron chi connectivity index (χ2n) is 13.6. The Morgan fingerprint density at radius 1 is 0.860 bits per heavy atom. The topological polar surface area (TPSA) is 175 Å². The average molecular weight is 694 g/mol. The maximum atomic E-state index is 13.4. The Balaban J connectivity index is 1.58. The van der Waals surface area contributed by atoms with Crippen molar-refractivity contribution in [2.45, 2.75) is 116 Å². The van der Waals surface area contributed by atoms with E-state index in [0.717, 1.165) is 30.4 Å². The summed E-state index contributed by atoms with van der Waals surface area (Å²) in [5.74, 6) is -2.97. The summed E-state index contributed by atoms with van der Waals surface area (Å²) >= 11 is 0. The number of amides is 4. The number of carbonyl (C=O) groups is 5. The third kappa shape index (κ3) is 12.2. The molecule has 6 unspecified atom stereocenters. The SMILES string of the molecule is CCCCc1ccc(-c2ccc(C(=O)NC3CNC(C(=O)NC(C(=O)NC(C)C(=O)NC(CCC)C(=O)O)C(C)OCC(C)C)C3)cc2)cc1. The zero-order valence-corrected chi connectivity index (χ0v) is 30.2. The molecule has 1 heterocycles. The Morgan fingerprint density at radius 2 is 1.50 bits per heavy atom. The zero-order valence-electron chi connectivity index (χ0n) is 30.2. The first-order valence-corrected chi connectivity index (χ1v) is 17.8. The predicted molar refractivity (Wildman–Crippen MR) is 192 cm³/mol. The van der Waals surface area contributed by atoms with Crippen molar-refractivity contribution in [2.24, 2.45) is 5.92 Å². The number of rotatable bonds is 19. The van der Waals surface area contributed by atoms with Gasteiger partial charge in [-0.2, -0.15) is 0 Å². The number of carbonyl (C=O) groups excluding carboxylic acids is 4. The number of carboxylic acids is 1. The summed E-state index contributed by atoms with van der Waals surface area (Å²) in [6, 6.07) is 11.6. The summed E-state index contributed by atoms with van der Waals surface area (Å²) in [4.78, 5) is 64.1. The van der Waals surface area contributed by atoms with Gasteiger partial charge in [0.15, 0.2) is 0 Å². The highest BCUT2D eigenvalue weighted by Gasteiger charge is 2.36. The number of unbranched alkanes of at least 4 members (excludes halogenated alkanes) is 1. The van der Waals surface area contributed by atoms with Gasteiger partial charge >= 0.3 is 5.97 Å². The molecule has 0 radical (unpaired) electrons. The molecule has 1 aliphatic heterocycles. The van der Waals surface area contributed by atoms with E-state index in [-0.39, 0.29) is 24.3 Å². The van der Waals surface area contributed by atoms with E-state index in [0.29, 0.717) is 31.6 Å². The maximum absolute atomic E-state index is 13.4. The Morgan fingerprint density at radius 3 is 2.08 bits per heavy atom. The van der Waals surface area contributed by atoms with E-state index in [4.69, 9.17) is 4.74 Å². The monoisotopic (exact) mass is 693 g/mol. The van der Waals surface area contributed by atoms with Crippen LogP contribution in [0, 0.1) is 5.92 Å². The molecular formula is C38H55N5O7. The highest BCUT2D eigenvalue weighted by molar-refractivity contribution is 5.96. The van der Waals surface area contributed by atoms with Crippen LogP contribution in [0.25, 0.3) is 11.1 Å². The van der Waals surface area contributed by atoms with Crippen molar-refractivity contribution < 1.29 is 33.8 Å². The van der Waals surface area contributed by atoms with E-state index < -0.39 is 54.0 Å². The van der Waals surface area contributed by atoms with Gasteiger partial charge in [0, 0.05) is 24.8 Å². The van der Waals surface area contributed by atoms with Crippen molar-refractivity contribution in [1.82, 2.24) is 26.6 Å². The molecule has 4 amide bonds. The standard InChI is InChI=1S/C38H55N5O7/c1-7-9-11-26-12-14-27(15-13-26)28-16-18-29(19-17-28)35(45)41-30-20-32(39-21-30)36(46)43-33(25(6)50-22-23(3)4)37(47)40-24(5)34(44)42-31(10-8-2)38(48)49/h12-19,23-25,30-33,39H,7-11,20-22H2,1-6H3,(H,40,47)(H,41,45)(H,42,44)(H,43,46)(H,48,49). The van der Waals surface area contributed by atoms with Crippen molar-refractivity contribution in [3.63, 3.8) is 0 Å². The first-order valence-electron chi connectivity index (χ1n) is 17.8. The van der Waals surface area contributed by atoms with Crippen LogP contribution >= 0.6 is 0 Å². The largest absolute Gasteiger partial charge is 0.480 e. The lowest BCUT2D eigenvalue weighted by Gasteiger charge is -2.28. The van der Waals surface area contributed by atoms with Gasteiger partial charge < -0.3 is 36.4 Å². The van der Waals surface area contributed by atoms with Crippen LogP contribution in [0.2, 0.25) is 0 Å². The third-order valence-corrected chi connectivity index (χ3v) is 8.72. The molecule has 0 bridgehead atoms. The molecule has 0 spiro atoms. The van der Waals surface area contributed by atoms with Crippen molar-refractivity contribution in [1.29, 1.82) is 0 Å². The second-order valence-corrected chi connectivity index (χ2v) is 13.6. The van der Waals surface area contributed by atoms with Crippen LogP contribution in [-0.2, 0) is 30.3 Å². The molecule has 12 heteroatoms. The molecule has 50 heavy (non-hydrogen) atoms. The number of aliphatic carboxylic acids is 1. The van der Waals surface area contributed by atoms with Crippen molar-refractivity contribution in [3.05, 3.63) is 59.7 Å². The van der Waals surface area contributed by atoms with E-state index in [1.807, 2.05) is 32.9 Å². The molecule has 2 aromatic carbocycles. The van der Waals surface area contributed by atoms with Gasteiger partial charge in [-0.05, 0) is 74.3 Å². The van der Waals surface area contributed by atoms with Gasteiger partial charge in [-0.3, -0.25) is 19.2 Å². The molecule has 2 aromatic rings. The molecule has 6 atom stereocenters. The third-order valence-electron chi connectivity index (χ3n) is 8.72. The Hall–Kier alpha value is -4.29. The van der Waals surface area contributed by atoms with E-state index in [1.165, 1.54) is 12.5 Å². The molecule has 0 saturated carbocycles. The number of nitrogens with one attached hydrogen (secondary N) is 5. The van der Waals surface area contributed by atoms with Crippen molar-refractivity contribution in [3.8, 4) is 11.1 Å². The van der Waals surface area contributed by atoms with Crippen LogP contribution in [0.1, 0.15) is 89.6 Å². The molecule has 274 valence electrons. The lowest BCUT2D eigenvalue weighted by Crippen LogP contribution is -2.59. The summed E-state index contributed by atoms with van der Waals surface area (Å²) in [5, 5.41) is 23.3. The zero-order chi connectivity index (χ0) is 36.8. The summed E-state index contributed by atoms with van der Waals surface area (Å²) in [5.41, 5.74) is 3.92. The number of aryl methyl sites for hydroxylation is 1. The molecule has 1 fully saturated rings. The van der Waals surface area contributed by atoms with Gasteiger partial charge in [0.05, 0.1) is 12.1 Å². The normalized spacial score (nSPS) is 18.1. The van der Waals surface area contributed by atoms with Gasteiger partial charge in [-0.15, -0.1) is 0 Å². The van der Waals surface area contributed by atoms with E-state index in [2.05, 4.69) is 57.8 Å². The quantitative estimate of drug-likeness (QED) is 0.130. The van der Waals surface area contributed by atoms with Crippen LogP contribution in [0.15, 0.2) is 48.5 Å². The van der Waals surface area contributed by atoms with Crippen molar-refractivity contribution >= 4 is 29.6 Å². The first-order chi connectivity index (χ1) is 23.8. The number of carboxylic acid groups (broad SMARTS) is 1. The summed E-state index contributed by atoms with van der Waals surface area (Å²) in [7, 11) is 0. The molecule has 12 nitrogen and oxygen atoms in total. The average Bonchev–Trinajstić information content (AvgIpc) is 3.57. The molecule has 1 aliphatic rings. The summed E-state index contributed by atoms with van der Waals surface area (Å²) < 4.78 is 5.87. The molecule has 1 saturated heterocycles. The van der Waals surface area contributed by atoms with E-state index >= 15 is 0 Å². The van der Waals surface area contributed by atoms with Crippen LogP contribution < -0.4 is 26.6 Å². The minimum atomic E-state index is -1.16. The number of hydrogen-bond donors (Lipinski definition) is 6. The lowest BCUT2D eigenvalue weighted by atomic mass is 10.0. The lowest BCUT2D eigenvalue weighted by molar-refractivity contribution is -0.142. The first kappa shape index (κ1) is 40.1. The van der Waals surface area contributed by atoms with Crippen LogP contribution in [-0.4, -0.2) is 84.2 Å². The Kier molecular flexibility index (Phi) is 15.9. The number of benzene rings is 2. The molecule has 0 aromatic heterocycles. The number of hydrogen-bond acceptors (Lipinski definition) is 7. The second kappa shape index (κ2) is 19.8. The summed E-state index contributed by atoms with van der Waals surface area (Å²) in [6.07, 6.45) is 3.75. The Labute approximate surface area is 295 Å². The fourth-order valence-electron chi connectivity index (χ4n) is 5.67. The van der Waals surface area contributed by atoms with Gasteiger partial charge in [0.2, 0.25) is 17.7 Å². The summed E-state index contributed by atoms with van der Waals surface area (Å²) in [6.45, 7) is 11.7. The van der Waals surface area contributed by atoms with Gasteiger partial charge in [-0.1, -0.05) is 76.9 Å². The highest BCUT2D eigenvalue weighted by Crippen LogP contribution is 2.21. The highest BCUT2D eigenvalue weighted by atomic mass is 16.5. The molecule has 3 rings (SSSR count). The van der Waals surface area contributed by atoms with Crippen LogP contribution in [0.5, 0.6) is 0 Å². The van der Waals surface area contributed by atoms with Crippen LogP contribution in [0.4, 0.5) is 0 Å². The van der Waals surface area contributed by atoms with Gasteiger partial charge in [0.25, 0.3) is 5.91 Å². The predicted octanol–water partition coefficient (Wildman–Crippen LogP) is 3.58. The van der Waals surface area contributed by atoms with E-state index in [9.17, 15) is 29.1 Å². The smallest absolute Gasteiger partial charge is 0.326 e. The fraction of sp³-hybridized carbons (Fsp3) is 0.553. The van der Waals surface area contributed by atoms with Crippen LogP contribution in [0.3, 0.4) is 0 Å². The minimum Gasteiger partial charge on any atom is -0.480 e. The van der Waals surface area contributed by atoms with Crippen molar-refractivity contribution in [2.75, 3.05) is 13.2 Å². The molecule has 6 N–H and O–H groups in total. The Bertz CT molecular complexity index is 1430. The molecular weight excluding hydrogens is 638 g/mol. The minimum absolute atomic E-state index is 0.173. The molecule has 0 aliphatic carbocycles. The fourth-order valence-corrected chi connectivity index (χ4v) is 5.67. The van der Waals surface area contributed by atoms with Gasteiger partial charge in [-0.25, -0.2) is 4.79 Å².